The lowest BCUT2D eigenvalue weighted by atomic mass is 9.95. The summed E-state index contributed by atoms with van der Waals surface area (Å²) in [5.74, 6) is -1.36. The van der Waals surface area contributed by atoms with E-state index in [9.17, 15) is 14.7 Å². The average molecular weight is 219 g/mol. The standard InChI is InChI=1S/C8H13NO6/c1-5(10)8(6(11)12)4-9(7(13)14)2-3-15-8/h5,10H,2-4H2,1H3,(H,11,12)(H,13,14). The maximum absolute atomic E-state index is 11.0. The predicted molar refractivity (Wildman–Crippen MR) is 47.6 cm³/mol. The summed E-state index contributed by atoms with van der Waals surface area (Å²) < 4.78 is 5.01. The minimum absolute atomic E-state index is 0.0382. The number of aliphatic hydroxyl groups is 1. The van der Waals surface area contributed by atoms with Crippen LogP contribution in [0.15, 0.2) is 0 Å². The molecule has 1 amide bonds. The average Bonchev–Trinajstić information content (AvgIpc) is 2.17. The molecule has 1 aliphatic heterocycles. The molecular formula is C8H13NO6. The Kier molecular flexibility index (Phi) is 3.15. The van der Waals surface area contributed by atoms with E-state index in [-0.39, 0.29) is 19.7 Å². The van der Waals surface area contributed by atoms with Gasteiger partial charge in [-0.3, -0.25) is 0 Å². The van der Waals surface area contributed by atoms with Gasteiger partial charge in [-0.2, -0.15) is 0 Å². The summed E-state index contributed by atoms with van der Waals surface area (Å²) in [5.41, 5.74) is -1.85. The second-order valence-electron chi connectivity index (χ2n) is 3.42. The molecule has 1 rings (SSSR count). The van der Waals surface area contributed by atoms with Crippen molar-refractivity contribution in [1.82, 2.24) is 4.90 Å². The Morgan fingerprint density at radius 1 is 1.47 bits per heavy atom. The van der Waals surface area contributed by atoms with Crippen LogP contribution < -0.4 is 0 Å². The molecule has 0 aromatic carbocycles. The highest BCUT2D eigenvalue weighted by molar-refractivity contribution is 5.80. The van der Waals surface area contributed by atoms with Crippen LogP contribution in [0.3, 0.4) is 0 Å². The van der Waals surface area contributed by atoms with Crippen LogP contribution in [0.25, 0.3) is 0 Å². The number of ether oxygens (including phenoxy) is 1. The van der Waals surface area contributed by atoms with Gasteiger partial charge in [-0.05, 0) is 6.92 Å². The molecule has 0 aromatic heterocycles. The molecule has 0 aliphatic carbocycles. The zero-order chi connectivity index (χ0) is 11.6. The third kappa shape index (κ3) is 2.02. The molecule has 0 saturated carbocycles. The quantitative estimate of drug-likeness (QED) is 0.561. The Hall–Kier alpha value is -1.34. The smallest absolute Gasteiger partial charge is 0.407 e. The van der Waals surface area contributed by atoms with Crippen LogP contribution in [0.1, 0.15) is 6.92 Å². The molecule has 1 aliphatic rings. The van der Waals surface area contributed by atoms with Crippen LogP contribution in [-0.4, -0.2) is 63.7 Å². The number of aliphatic hydroxyl groups excluding tert-OH is 1. The van der Waals surface area contributed by atoms with Crippen molar-refractivity contribution < 1.29 is 29.6 Å². The van der Waals surface area contributed by atoms with E-state index < -0.39 is 23.8 Å². The summed E-state index contributed by atoms with van der Waals surface area (Å²) in [6.07, 6.45) is -2.50. The second-order valence-corrected chi connectivity index (χ2v) is 3.42. The molecule has 1 fully saturated rings. The topological polar surface area (TPSA) is 107 Å². The number of rotatable bonds is 2. The summed E-state index contributed by atoms with van der Waals surface area (Å²) in [7, 11) is 0. The highest BCUT2D eigenvalue weighted by Crippen LogP contribution is 2.22. The fraction of sp³-hybridized carbons (Fsp3) is 0.750. The van der Waals surface area contributed by atoms with E-state index in [2.05, 4.69) is 0 Å². The largest absolute Gasteiger partial charge is 0.479 e. The molecule has 7 heteroatoms. The van der Waals surface area contributed by atoms with E-state index in [0.717, 1.165) is 4.90 Å². The Morgan fingerprint density at radius 2 is 2.07 bits per heavy atom. The fourth-order valence-electron chi connectivity index (χ4n) is 1.47. The normalized spacial score (nSPS) is 28.5. The first-order valence-electron chi connectivity index (χ1n) is 4.43. The first-order chi connectivity index (χ1) is 6.90. The first-order valence-corrected chi connectivity index (χ1v) is 4.43. The van der Waals surface area contributed by atoms with Gasteiger partial charge in [0.05, 0.1) is 19.3 Å². The van der Waals surface area contributed by atoms with E-state index in [4.69, 9.17) is 14.9 Å². The molecule has 1 heterocycles. The molecule has 1 saturated heterocycles. The van der Waals surface area contributed by atoms with Gasteiger partial charge in [-0.15, -0.1) is 0 Å². The second kappa shape index (κ2) is 4.03. The summed E-state index contributed by atoms with van der Waals surface area (Å²) in [6, 6.07) is 0. The van der Waals surface area contributed by atoms with E-state index in [1.165, 1.54) is 6.92 Å². The number of carboxylic acids is 1. The summed E-state index contributed by atoms with van der Waals surface area (Å²) in [6.45, 7) is 0.968. The number of amides is 1. The zero-order valence-corrected chi connectivity index (χ0v) is 8.21. The molecule has 7 nitrogen and oxygen atoms in total. The molecular weight excluding hydrogens is 206 g/mol. The summed E-state index contributed by atoms with van der Waals surface area (Å²) in [4.78, 5) is 22.6. The van der Waals surface area contributed by atoms with Gasteiger partial charge in [0, 0.05) is 6.54 Å². The number of nitrogens with zero attached hydrogens (tertiary/aromatic N) is 1. The van der Waals surface area contributed by atoms with Crippen molar-refractivity contribution in [3.05, 3.63) is 0 Å². The maximum Gasteiger partial charge on any atom is 0.407 e. The Bertz CT molecular complexity index is 278. The molecule has 0 bridgehead atoms. The highest BCUT2D eigenvalue weighted by Gasteiger charge is 2.49. The maximum atomic E-state index is 11.0. The van der Waals surface area contributed by atoms with Crippen molar-refractivity contribution in [2.45, 2.75) is 18.6 Å². The number of carboxylic acid groups (broad SMARTS) is 2. The lowest BCUT2D eigenvalue weighted by Gasteiger charge is -2.40. The number of morpholine rings is 1. The van der Waals surface area contributed by atoms with Crippen molar-refractivity contribution in [1.29, 1.82) is 0 Å². The van der Waals surface area contributed by atoms with Crippen LogP contribution in [-0.2, 0) is 9.53 Å². The third-order valence-corrected chi connectivity index (χ3v) is 2.45. The van der Waals surface area contributed by atoms with E-state index in [1.54, 1.807) is 0 Å². The summed E-state index contributed by atoms with van der Waals surface area (Å²) >= 11 is 0. The number of carbonyl (C=O) groups is 2. The molecule has 86 valence electrons. The van der Waals surface area contributed by atoms with Crippen LogP contribution in [0, 0.1) is 0 Å². The van der Waals surface area contributed by atoms with Crippen LogP contribution >= 0.6 is 0 Å². The first kappa shape index (κ1) is 11.7. The van der Waals surface area contributed by atoms with Gasteiger partial charge in [0.25, 0.3) is 0 Å². The van der Waals surface area contributed by atoms with Gasteiger partial charge in [0.15, 0.2) is 0 Å². The van der Waals surface area contributed by atoms with Gasteiger partial charge in [0.1, 0.15) is 0 Å². The van der Waals surface area contributed by atoms with Crippen molar-refractivity contribution in [3.63, 3.8) is 0 Å². The van der Waals surface area contributed by atoms with E-state index in [0.29, 0.717) is 0 Å². The third-order valence-electron chi connectivity index (χ3n) is 2.45. The SMILES string of the molecule is CC(O)C1(C(=O)O)CN(C(=O)O)CCO1. The van der Waals surface area contributed by atoms with Gasteiger partial charge in [-0.25, -0.2) is 9.59 Å². The predicted octanol–water partition coefficient (Wildman–Crippen LogP) is -0.799. The lowest BCUT2D eigenvalue weighted by Crippen LogP contribution is -2.62. The van der Waals surface area contributed by atoms with Crippen LogP contribution in [0.2, 0.25) is 0 Å². The highest BCUT2D eigenvalue weighted by atomic mass is 16.5. The van der Waals surface area contributed by atoms with E-state index >= 15 is 0 Å². The van der Waals surface area contributed by atoms with Gasteiger partial charge < -0.3 is 25.0 Å². The summed E-state index contributed by atoms with van der Waals surface area (Å²) in [5, 5.41) is 27.1. The van der Waals surface area contributed by atoms with Crippen molar-refractivity contribution in [2.24, 2.45) is 0 Å². The van der Waals surface area contributed by atoms with E-state index in [1.807, 2.05) is 0 Å². The van der Waals surface area contributed by atoms with Crippen molar-refractivity contribution in [3.8, 4) is 0 Å². The molecule has 2 unspecified atom stereocenters. The monoisotopic (exact) mass is 219 g/mol. The minimum Gasteiger partial charge on any atom is -0.479 e. The molecule has 3 N–H and O–H groups in total. The molecule has 0 spiro atoms. The molecule has 15 heavy (non-hydrogen) atoms. The Labute approximate surface area is 85.9 Å². The fourth-order valence-corrected chi connectivity index (χ4v) is 1.47. The number of hydrogen-bond acceptors (Lipinski definition) is 4. The van der Waals surface area contributed by atoms with Crippen molar-refractivity contribution in [2.75, 3.05) is 19.7 Å². The van der Waals surface area contributed by atoms with Gasteiger partial charge in [0.2, 0.25) is 5.60 Å². The van der Waals surface area contributed by atoms with Crippen LogP contribution in [0.4, 0.5) is 4.79 Å². The zero-order valence-electron chi connectivity index (χ0n) is 8.21. The van der Waals surface area contributed by atoms with Gasteiger partial charge >= 0.3 is 12.1 Å². The molecule has 0 radical (unpaired) electrons. The van der Waals surface area contributed by atoms with Crippen LogP contribution in [0.5, 0.6) is 0 Å². The molecule has 0 aromatic rings. The Morgan fingerprint density at radius 3 is 2.47 bits per heavy atom. The number of hydrogen-bond donors (Lipinski definition) is 3. The van der Waals surface area contributed by atoms with Crippen molar-refractivity contribution >= 4 is 12.1 Å². The molecule has 2 atom stereocenters. The lowest BCUT2D eigenvalue weighted by molar-refractivity contribution is -0.194. The van der Waals surface area contributed by atoms with Gasteiger partial charge in [-0.1, -0.05) is 0 Å². The minimum atomic E-state index is -1.85. The Balaban J connectivity index is 2.90. The number of aliphatic carboxylic acids is 1.